The molecule has 0 aromatic heterocycles. The molecular formula is C17H28N2. The van der Waals surface area contributed by atoms with Crippen molar-refractivity contribution in [2.45, 2.75) is 45.7 Å². The van der Waals surface area contributed by atoms with Gasteiger partial charge in [-0.2, -0.15) is 0 Å². The number of nitrogens with one attached hydrogen (secondary N) is 1. The van der Waals surface area contributed by atoms with Crippen molar-refractivity contribution in [3.8, 4) is 0 Å². The van der Waals surface area contributed by atoms with E-state index >= 15 is 0 Å². The Labute approximate surface area is 118 Å². The van der Waals surface area contributed by atoms with Gasteiger partial charge < -0.3 is 5.32 Å². The quantitative estimate of drug-likeness (QED) is 0.808. The molecule has 0 saturated heterocycles. The van der Waals surface area contributed by atoms with Crippen LogP contribution in [0.4, 0.5) is 0 Å². The molecule has 0 spiro atoms. The fraction of sp³-hybridized carbons (Fsp3) is 0.647. The minimum absolute atomic E-state index is 0.433. The lowest BCUT2D eigenvalue weighted by molar-refractivity contribution is 0.192. The predicted octanol–water partition coefficient (Wildman–Crippen LogP) is 3.38. The summed E-state index contributed by atoms with van der Waals surface area (Å²) in [5.41, 5.74) is 2.82. The highest BCUT2D eigenvalue weighted by atomic mass is 15.2. The first-order valence-electron chi connectivity index (χ1n) is 7.58. The fourth-order valence-electron chi connectivity index (χ4n) is 2.69. The maximum atomic E-state index is 3.50. The summed E-state index contributed by atoms with van der Waals surface area (Å²) in [7, 11) is 2.08. The van der Waals surface area contributed by atoms with E-state index in [0.29, 0.717) is 12.1 Å². The van der Waals surface area contributed by atoms with Gasteiger partial charge in [0.2, 0.25) is 0 Å². The summed E-state index contributed by atoms with van der Waals surface area (Å²) in [6.45, 7) is 9.21. The fourth-order valence-corrected chi connectivity index (χ4v) is 2.69. The van der Waals surface area contributed by atoms with E-state index in [1.807, 2.05) is 0 Å². The van der Waals surface area contributed by atoms with Crippen molar-refractivity contribution in [1.82, 2.24) is 10.2 Å². The minimum Gasteiger partial charge on any atom is -0.312 e. The van der Waals surface area contributed by atoms with Crippen molar-refractivity contribution in [2.75, 3.05) is 20.1 Å². The molecule has 1 fully saturated rings. The maximum Gasteiger partial charge on any atom is 0.0449 e. The van der Waals surface area contributed by atoms with Crippen LogP contribution in [0.3, 0.4) is 0 Å². The van der Waals surface area contributed by atoms with Crippen LogP contribution in [0.1, 0.15) is 43.9 Å². The van der Waals surface area contributed by atoms with E-state index in [-0.39, 0.29) is 0 Å². The monoisotopic (exact) mass is 260 g/mol. The van der Waals surface area contributed by atoms with Crippen molar-refractivity contribution in [3.63, 3.8) is 0 Å². The van der Waals surface area contributed by atoms with Gasteiger partial charge in [-0.3, -0.25) is 4.90 Å². The number of hydrogen-bond donors (Lipinski definition) is 1. The SMILES string of the molecule is CNC(CN(CC1CC1)C(C)C)c1ccccc1C. The lowest BCUT2D eigenvalue weighted by Crippen LogP contribution is -2.39. The van der Waals surface area contributed by atoms with Crippen molar-refractivity contribution in [3.05, 3.63) is 35.4 Å². The van der Waals surface area contributed by atoms with E-state index in [1.165, 1.54) is 30.5 Å². The summed E-state index contributed by atoms with van der Waals surface area (Å²) in [4.78, 5) is 2.63. The van der Waals surface area contributed by atoms with Crippen LogP contribution in [-0.2, 0) is 0 Å². The molecule has 1 atom stereocenters. The molecule has 0 amide bonds. The molecule has 0 heterocycles. The molecule has 1 aliphatic rings. The predicted molar refractivity (Wildman–Crippen MR) is 82.4 cm³/mol. The number of aryl methyl sites for hydroxylation is 1. The molecular weight excluding hydrogens is 232 g/mol. The Kier molecular flexibility index (Phi) is 5.00. The van der Waals surface area contributed by atoms with Gasteiger partial charge in [0.1, 0.15) is 0 Å². The molecule has 1 N–H and O–H groups in total. The second kappa shape index (κ2) is 6.53. The van der Waals surface area contributed by atoms with Crippen LogP contribution >= 0.6 is 0 Å². The zero-order valence-electron chi connectivity index (χ0n) is 12.8. The van der Waals surface area contributed by atoms with Crippen LogP contribution in [0.25, 0.3) is 0 Å². The van der Waals surface area contributed by atoms with Crippen LogP contribution in [-0.4, -0.2) is 31.1 Å². The van der Waals surface area contributed by atoms with E-state index in [0.717, 1.165) is 12.5 Å². The number of hydrogen-bond acceptors (Lipinski definition) is 2. The number of nitrogens with zero attached hydrogens (tertiary/aromatic N) is 1. The van der Waals surface area contributed by atoms with E-state index in [2.05, 4.69) is 62.3 Å². The Hall–Kier alpha value is -0.860. The maximum absolute atomic E-state index is 3.50. The normalized spacial score (nSPS) is 17.2. The molecule has 106 valence electrons. The third-order valence-corrected chi connectivity index (χ3v) is 4.25. The molecule has 1 aliphatic carbocycles. The van der Waals surface area contributed by atoms with E-state index < -0.39 is 0 Å². The molecule has 0 radical (unpaired) electrons. The highest BCUT2D eigenvalue weighted by Crippen LogP contribution is 2.31. The molecule has 1 saturated carbocycles. The average molecular weight is 260 g/mol. The first-order valence-corrected chi connectivity index (χ1v) is 7.58. The van der Waals surface area contributed by atoms with E-state index in [4.69, 9.17) is 0 Å². The van der Waals surface area contributed by atoms with Gasteiger partial charge in [-0.25, -0.2) is 0 Å². The van der Waals surface area contributed by atoms with Crippen molar-refractivity contribution in [2.24, 2.45) is 5.92 Å². The molecule has 1 aromatic carbocycles. The van der Waals surface area contributed by atoms with E-state index in [9.17, 15) is 0 Å². The zero-order valence-corrected chi connectivity index (χ0v) is 12.8. The minimum atomic E-state index is 0.433. The third-order valence-electron chi connectivity index (χ3n) is 4.25. The van der Waals surface area contributed by atoms with Gasteiger partial charge in [-0.15, -0.1) is 0 Å². The Morgan fingerprint density at radius 1 is 1.26 bits per heavy atom. The van der Waals surface area contributed by atoms with Crippen LogP contribution in [0, 0.1) is 12.8 Å². The number of likely N-dealkylation sites (N-methyl/N-ethyl adjacent to an activating group) is 1. The average Bonchev–Trinajstić information content (AvgIpc) is 3.19. The van der Waals surface area contributed by atoms with Crippen molar-refractivity contribution < 1.29 is 0 Å². The Morgan fingerprint density at radius 2 is 1.95 bits per heavy atom. The molecule has 2 nitrogen and oxygen atoms in total. The Bertz CT molecular complexity index is 396. The molecule has 0 aliphatic heterocycles. The smallest absolute Gasteiger partial charge is 0.0449 e. The summed E-state index contributed by atoms with van der Waals surface area (Å²) < 4.78 is 0. The van der Waals surface area contributed by atoms with Crippen LogP contribution in [0.2, 0.25) is 0 Å². The third kappa shape index (κ3) is 4.05. The van der Waals surface area contributed by atoms with Gasteiger partial charge in [0.05, 0.1) is 0 Å². The topological polar surface area (TPSA) is 15.3 Å². The molecule has 0 bridgehead atoms. The van der Waals surface area contributed by atoms with Gasteiger partial charge >= 0.3 is 0 Å². The van der Waals surface area contributed by atoms with Gasteiger partial charge in [-0.05, 0) is 57.7 Å². The summed E-state index contributed by atoms with van der Waals surface area (Å²) in [6, 6.07) is 9.79. The first-order chi connectivity index (χ1) is 9.11. The summed E-state index contributed by atoms with van der Waals surface area (Å²) >= 11 is 0. The summed E-state index contributed by atoms with van der Waals surface area (Å²) in [5, 5.41) is 3.50. The van der Waals surface area contributed by atoms with E-state index in [1.54, 1.807) is 0 Å². The van der Waals surface area contributed by atoms with Gasteiger partial charge in [0.25, 0.3) is 0 Å². The lowest BCUT2D eigenvalue weighted by Gasteiger charge is -2.31. The highest BCUT2D eigenvalue weighted by Gasteiger charge is 2.27. The molecule has 1 aromatic rings. The lowest BCUT2D eigenvalue weighted by atomic mass is 10.0. The Balaban J connectivity index is 2.05. The van der Waals surface area contributed by atoms with Crippen LogP contribution in [0.5, 0.6) is 0 Å². The standard InChI is InChI=1S/C17H28N2/c1-13(2)19(11-15-9-10-15)12-17(18-4)16-8-6-5-7-14(16)3/h5-8,13,15,17-18H,9-12H2,1-4H3. The molecule has 2 heteroatoms. The second-order valence-electron chi connectivity index (χ2n) is 6.19. The number of rotatable bonds is 7. The second-order valence-corrected chi connectivity index (χ2v) is 6.19. The first kappa shape index (κ1) is 14.5. The van der Waals surface area contributed by atoms with Crippen molar-refractivity contribution >= 4 is 0 Å². The van der Waals surface area contributed by atoms with Gasteiger partial charge in [-0.1, -0.05) is 24.3 Å². The molecule has 1 unspecified atom stereocenters. The molecule has 2 rings (SSSR count). The summed E-state index contributed by atoms with van der Waals surface area (Å²) in [5.74, 6) is 0.955. The largest absolute Gasteiger partial charge is 0.312 e. The summed E-state index contributed by atoms with van der Waals surface area (Å²) in [6.07, 6.45) is 2.86. The van der Waals surface area contributed by atoms with Crippen molar-refractivity contribution in [1.29, 1.82) is 0 Å². The molecule has 19 heavy (non-hydrogen) atoms. The van der Waals surface area contributed by atoms with Gasteiger partial charge in [0.15, 0.2) is 0 Å². The zero-order chi connectivity index (χ0) is 13.8. The highest BCUT2D eigenvalue weighted by molar-refractivity contribution is 5.29. The van der Waals surface area contributed by atoms with Crippen LogP contribution in [0.15, 0.2) is 24.3 Å². The van der Waals surface area contributed by atoms with Crippen LogP contribution < -0.4 is 5.32 Å². The number of benzene rings is 1. The van der Waals surface area contributed by atoms with Gasteiger partial charge in [0, 0.05) is 25.2 Å². The Morgan fingerprint density at radius 3 is 2.47 bits per heavy atom.